The Balaban J connectivity index is 1.49. The van der Waals surface area contributed by atoms with Crippen molar-refractivity contribution in [1.82, 2.24) is 9.97 Å². The lowest BCUT2D eigenvalue weighted by molar-refractivity contribution is 0.304. The number of aliphatic hydroxyl groups excluding tert-OH is 1. The lowest BCUT2D eigenvalue weighted by Gasteiger charge is -2.35. The molecule has 2 fully saturated rings. The van der Waals surface area contributed by atoms with Crippen molar-refractivity contribution >= 4 is 22.4 Å². The van der Waals surface area contributed by atoms with Gasteiger partial charge in [-0.3, -0.25) is 0 Å². The van der Waals surface area contributed by atoms with Crippen LogP contribution in [0.25, 0.3) is 10.9 Å². The van der Waals surface area contributed by atoms with Crippen LogP contribution < -0.4 is 14.5 Å². The zero-order valence-electron chi connectivity index (χ0n) is 19.0. The highest BCUT2D eigenvalue weighted by Crippen LogP contribution is 2.42. The summed E-state index contributed by atoms with van der Waals surface area (Å²) in [6.45, 7) is 2.61. The van der Waals surface area contributed by atoms with Crippen LogP contribution in [0.4, 0.5) is 11.5 Å². The minimum absolute atomic E-state index is 0.119. The Morgan fingerprint density at radius 3 is 2.50 bits per heavy atom. The molecule has 2 heterocycles. The molecule has 2 aliphatic rings. The average molecular weight is 433 g/mol. The van der Waals surface area contributed by atoms with E-state index in [1.54, 1.807) is 7.11 Å². The fourth-order valence-electron chi connectivity index (χ4n) is 4.91. The van der Waals surface area contributed by atoms with E-state index in [2.05, 4.69) is 46.2 Å². The first-order chi connectivity index (χ1) is 15.7. The van der Waals surface area contributed by atoms with Crippen molar-refractivity contribution < 1.29 is 9.84 Å². The molecule has 1 aromatic heterocycles. The highest BCUT2D eigenvalue weighted by atomic mass is 16.5. The fourth-order valence-corrected chi connectivity index (χ4v) is 4.91. The van der Waals surface area contributed by atoms with Crippen molar-refractivity contribution in [3.63, 3.8) is 0 Å². The number of rotatable bonds is 7. The standard InChI is InChI=1S/C26H32N4O2/c1-29(16-17-31)22-8-5-7-21-24(22)26(28-25(27-21)19-10-11-19)30-14-12-18(13-15-30)20-6-3-4-9-23(20)32-2/h3-9,18-19,31H,10-17H2,1-2H3. The van der Waals surface area contributed by atoms with Crippen LogP contribution in [0.5, 0.6) is 5.75 Å². The first-order valence-corrected chi connectivity index (χ1v) is 11.7. The second kappa shape index (κ2) is 8.94. The molecule has 1 N–H and O–H groups in total. The Labute approximate surface area is 189 Å². The van der Waals surface area contributed by atoms with Crippen molar-refractivity contribution in [2.24, 2.45) is 0 Å². The minimum atomic E-state index is 0.119. The van der Waals surface area contributed by atoms with Gasteiger partial charge in [0.1, 0.15) is 17.4 Å². The zero-order chi connectivity index (χ0) is 22.1. The Kier molecular flexibility index (Phi) is 5.87. The van der Waals surface area contributed by atoms with E-state index < -0.39 is 0 Å². The summed E-state index contributed by atoms with van der Waals surface area (Å²) in [6.07, 6.45) is 4.51. The summed E-state index contributed by atoms with van der Waals surface area (Å²) >= 11 is 0. The van der Waals surface area contributed by atoms with E-state index in [0.29, 0.717) is 18.4 Å². The molecular weight excluding hydrogens is 400 g/mol. The van der Waals surface area contributed by atoms with Gasteiger partial charge < -0.3 is 19.6 Å². The van der Waals surface area contributed by atoms with E-state index in [4.69, 9.17) is 14.7 Å². The maximum absolute atomic E-state index is 9.50. The smallest absolute Gasteiger partial charge is 0.142 e. The third-order valence-electron chi connectivity index (χ3n) is 6.86. The molecule has 0 amide bonds. The molecule has 2 aromatic carbocycles. The topological polar surface area (TPSA) is 61.7 Å². The third kappa shape index (κ3) is 3.99. The monoisotopic (exact) mass is 432 g/mol. The molecule has 0 bridgehead atoms. The van der Waals surface area contributed by atoms with Gasteiger partial charge in [-0.25, -0.2) is 9.97 Å². The second-order valence-corrected chi connectivity index (χ2v) is 9.00. The Morgan fingerprint density at radius 2 is 1.78 bits per heavy atom. The Hall–Kier alpha value is -2.86. The Morgan fingerprint density at radius 1 is 1.00 bits per heavy atom. The van der Waals surface area contributed by atoms with Gasteiger partial charge in [-0.05, 0) is 55.4 Å². The normalized spacial score (nSPS) is 17.0. The highest BCUT2D eigenvalue weighted by Gasteiger charge is 2.31. The van der Waals surface area contributed by atoms with Crippen molar-refractivity contribution in [2.75, 3.05) is 50.2 Å². The number of piperidine rings is 1. The first kappa shape index (κ1) is 21.0. The molecule has 6 heteroatoms. The number of fused-ring (bicyclic) bond motifs is 1. The third-order valence-corrected chi connectivity index (χ3v) is 6.86. The number of ether oxygens (including phenoxy) is 1. The molecule has 1 aliphatic carbocycles. The van der Waals surface area contributed by atoms with Gasteiger partial charge in [-0.15, -0.1) is 0 Å². The van der Waals surface area contributed by atoms with Gasteiger partial charge in [-0.2, -0.15) is 0 Å². The van der Waals surface area contributed by atoms with Gasteiger partial charge in [0.25, 0.3) is 0 Å². The molecule has 1 saturated carbocycles. The van der Waals surface area contributed by atoms with Gasteiger partial charge in [0, 0.05) is 38.3 Å². The summed E-state index contributed by atoms with van der Waals surface area (Å²) in [6, 6.07) is 14.7. The fraction of sp³-hybridized carbons (Fsp3) is 0.462. The molecule has 0 atom stereocenters. The lowest BCUT2D eigenvalue weighted by Crippen LogP contribution is -2.34. The molecule has 0 radical (unpaired) electrons. The number of benzene rings is 2. The maximum Gasteiger partial charge on any atom is 0.142 e. The van der Waals surface area contributed by atoms with Crippen LogP contribution in [-0.2, 0) is 0 Å². The largest absolute Gasteiger partial charge is 0.496 e. The van der Waals surface area contributed by atoms with Crippen molar-refractivity contribution in [2.45, 2.75) is 37.5 Å². The maximum atomic E-state index is 9.50. The first-order valence-electron chi connectivity index (χ1n) is 11.7. The number of methoxy groups -OCH3 is 1. The molecule has 3 aromatic rings. The van der Waals surface area contributed by atoms with E-state index in [9.17, 15) is 5.11 Å². The van der Waals surface area contributed by atoms with Crippen LogP contribution in [0, 0.1) is 0 Å². The van der Waals surface area contributed by atoms with E-state index in [-0.39, 0.29) is 6.61 Å². The summed E-state index contributed by atoms with van der Waals surface area (Å²) in [5.41, 5.74) is 3.40. The van der Waals surface area contributed by atoms with Crippen LogP contribution in [0.2, 0.25) is 0 Å². The molecule has 5 rings (SSSR count). The minimum Gasteiger partial charge on any atom is -0.496 e. The van der Waals surface area contributed by atoms with Crippen LogP contribution in [0.15, 0.2) is 42.5 Å². The molecule has 1 aliphatic heterocycles. The number of anilines is 2. The SMILES string of the molecule is COc1ccccc1C1CCN(c2nc(C3CC3)nc3cccc(N(C)CCO)c23)CC1. The van der Waals surface area contributed by atoms with Crippen molar-refractivity contribution in [3.05, 3.63) is 53.9 Å². The van der Waals surface area contributed by atoms with Crippen LogP contribution in [-0.4, -0.2) is 55.5 Å². The van der Waals surface area contributed by atoms with Gasteiger partial charge >= 0.3 is 0 Å². The van der Waals surface area contributed by atoms with Gasteiger partial charge in [0.2, 0.25) is 0 Å². The predicted octanol–water partition coefficient (Wildman–Crippen LogP) is 4.33. The van der Waals surface area contributed by atoms with E-state index >= 15 is 0 Å². The molecule has 0 unspecified atom stereocenters. The molecule has 168 valence electrons. The van der Waals surface area contributed by atoms with Gasteiger partial charge in [-0.1, -0.05) is 24.3 Å². The van der Waals surface area contributed by atoms with Crippen LogP contribution in [0.3, 0.4) is 0 Å². The lowest BCUT2D eigenvalue weighted by atomic mass is 9.88. The number of aliphatic hydroxyl groups is 1. The Bertz CT molecular complexity index is 1090. The average Bonchev–Trinajstić information content (AvgIpc) is 3.69. The van der Waals surface area contributed by atoms with Crippen molar-refractivity contribution in [3.8, 4) is 5.75 Å². The zero-order valence-corrected chi connectivity index (χ0v) is 19.0. The number of nitrogens with zero attached hydrogens (tertiary/aromatic N) is 4. The van der Waals surface area contributed by atoms with Crippen LogP contribution in [0.1, 0.15) is 48.9 Å². The summed E-state index contributed by atoms with van der Waals surface area (Å²) in [5, 5.41) is 10.6. The van der Waals surface area contributed by atoms with Gasteiger partial charge in [0.05, 0.1) is 24.6 Å². The van der Waals surface area contributed by atoms with E-state index in [1.165, 1.54) is 18.4 Å². The summed E-state index contributed by atoms with van der Waals surface area (Å²) in [4.78, 5) is 14.6. The summed E-state index contributed by atoms with van der Waals surface area (Å²) < 4.78 is 5.62. The number of likely N-dealkylation sites (N-methyl/N-ethyl adjacent to an activating group) is 1. The number of hydrogen-bond acceptors (Lipinski definition) is 6. The molecule has 0 spiro atoms. The van der Waals surface area contributed by atoms with E-state index in [1.807, 2.05) is 13.1 Å². The quantitative estimate of drug-likeness (QED) is 0.600. The number of hydrogen-bond donors (Lipinski definition) is 1. The molecule has 6 nitrogen and oxygen atoms in total. The van der Waals surface area contributed by atoms with Crippen LogP contribution >= 0.6 is 0 Å². The van der Waals surface area contributed by atoms with Gasteiger partial charge in [0.15, 0.2) is 0 Å². The molecule has 1 saturated heterocycles. The number of aromatic nitrogens is 2. The number of para-hydroxylation sites is 1. The van der Waals surface area contributed by atoms with E-state index in [0.717, 1.165) is 59.9 Å². The molecular formula is C26H32N4O2. The molecule has 32 heavy (non-hydrogen) atoms. The predicted molar refractivity (Wildman–Crippen MR) is 129 cm³/mol. The summed E-state index contributed by atoms with van der Waals surface area (Å²) in [5.74, 6) is 4.03. The van der Waals surface area contributed by atoms with Crippen molar-refractivity contribution in [1.29, 1.82) is 0 Å². The highest BCUT2D eigenvalue weighted by molar-refractivity contribution is 6.00. The second-order valence-electron chi connectivity index (χ2n) is 9.00. The summed E-state index contributed by atoms with van der Waals surface area (Å²) in [7, 11) is 3.78.